The minimum absolute atomic E-state index is 0.0142. The van der Waals surface area contributed by atoms with Gasteiger partial charge in [0, 0.05) is 57.7 Å². The molecule has 9 nitrogen and oxygen atoms in total. The molecule has 2 aliphatic rings. The van der Waals surface area contributed by atoms with Crippen LogP contribution < -0.4 is 10.6 Å². The number of hydrogen-bond donors (Lipinski definition) is 2. The molecule has 27 heavy (non-hydrogen) atoms. The van der Waals surface area contributed by atoms with Crippen LogP contribution in [0.25, 0.3) is 0 Å². The van der Waals surface area contributed by atoms with Crippen LogP contribution >= 0.6 is 0 Å². The molecular formula is C18H27N5O4. The van der Waals surface area contributed by atoms with Gasteiger partial charge in [0.15, 0.2) is 0 Å². The van der Waals surface area contributed by atoms with Crippen LogP contribution in [-0.4, -0.2) is 70.4 Å². The van der Waals surface area contributed by atoms with Crippen LogP contribution in [0.4, 0.5) is 0 Å². The average Bonchev–Trinajstić information content (AvgIpc) is 3.11. The fourth-order valence-corrected chi connectivity index (χ4v) is 4.06. The SMILES string of the molecule is CC(=O)NC[C@H]1C(=O)N2C[C@@H](NC(C)=O)C[C@H]2CN1Cc1c(C)noc1C. The lowest BCUT2D eigenvalue weighted by molar-refractivity contribution is -0.144. The van der Waals surface area contributed by atoms with Gasteiger partial charge in [-0.2, -0.15) is 0 Å². The molecule has 0 unspecified atom stereocenters. The highest BCUT2D eigenvalue weighted by molar-refractivity contribution is 5.85. The average molecular weight is 377 g/mol. The van der Waals surface area contributed by atoms with E-state index in [2.05, 4.69) is 20.7 Å². The van der Waals surface area contributed by atoms with Crippen LogP contribution in [-0.2, 0) is 20.9 Å². The number of aromatic nitrogens is 1. The van der Waals surface area contributed by atoms with E-state index in [1.165, 1.54) is 13.8 Å². The molecule has 1 aromatic rings. The van der Waals surface area contributed by atoms with E-state index in [9.17, 15) is 14.4 Å². The quantitative estimate of drug-likeness (QED) is 0.731. The Balaban J connectivity index is 1.80. The maximum Gasteiger partial charge on any atom is 0.242 e. The van der Waals surface area contributed by atoms with Gasteiger partial charge >= 0.3 is 0 Å². The number of nitrogens with one attached hydrogen (secondary N) is 2. The highest BCUT2D eigenvalue weighted by atomic mass is 16.5. The first kappa shape index (κ1) is 19.3. The molecule has 0 saturated carbocycles. The summed E-state index contributed by atoms with van der Waals surface area (Å²) in [5.41, 5.74) is 1.78. The highest BCUT2D eigenvalue weighted by Crippen LogP contribution is 2.28. The number of fused-ring (bicyclic) bond motifs is 1. The van der Waals surface area contributed by atoms with Crippen molar-refractivity contribution in [1.29, 1.82) is 0 Å². The van der Waals surface area contributed by atoms with Gasteiger partial charge < -0.3 is 20.1 Å². The standard InChI is InChI=1S/C18H27N5O4/c1-10-16(11(2)27-21-10)9-22-8-15-5-14(20-13(4)25)7-23(15)18(26)17(22)6-19-12(3)24/h14-15,17H,5-9H2,1-4H3,(H,19,24)(H,20,25)/t14-,15-,17-/m0/s1. The van der Waals surface area contributed by atoms with Crippen LogP contribution in [0.5, 0.6) is 0 Å². The van der Waals surface area contributed by atoms with Gasteiger partial charge in [0.25, 0.3) is 0 Å². The second-order valence-corrected chi connectivity index (χ2v) is 7.46. The molecular weight excluding hydrogens is 350 g/mol. The van der Waals surface area contributed by atoms with Crippen molar-refractivity contribution in [3.05, 3.63) is 17.0 Å². The summed E-state index contributed by atoms with van der Waals surface area (Å²) >= 11 is 0. The van der Waals surface area contributed by atoms with E-state index < -0.39 is 6.04 Å². The van der Waals surface area contributed by atoms with Gasteiger partial charge in [-0.05, 0) is 20.3 Å². The van der Waals surface area contributed by atoms with Crippen molar-refractivity contribution in [3.63, 3.8) is 0 Å². The Bertz CT molecular complexity index is 727. The fraction of sp³-hybridized carbons (Fsp3) is 0.667. The van der Waals surface area contributed by atoms with Crippen LogP contribution in [0.1, 0.15) is 37.3 Å². The monoisotopic (exact) mass is 377 g/mol. The maximum absolute atomic E-state index is 13.1. The zero-order chi connectivity index (χ0) is 19.7. The van der Waals surface area contributed by atoms with E-state index in [1.54, 1.807) is 0 Å². The molecule has 2 N–H and O–H groups in total. The minimum atomic E-state index is -0.449. The number of carbonyl (C=O) groups is 3. The first-order valence-electron chi connectivity index (χ1n) is 9.24. The molecule has 2 fully saturated rings. The van der Waals surface area contributed by atoms with Crippen LogP contribution in [0.3, 0.4) is 0 Å². The Kier molecular flexibility index (Phi) is 5.50. The molecule has 3 heterocycles. The molecule has 0 radical (unpaired) electrons. The number of nitrogens with zero attached hydrogens (tertiary/aromatic N) is 3. The first-order valence-corrected chi connectivity index (χ1v) is 9.24. The fourth-order valence-electron chi connectivity index (χ4n) is 4.06. The summed E-state index contributed by atoms with van der Waals surface area (Å²) in [6.45, 7) is 8.65. The van der Waals surface area contributed by atoms with Crippen molar-refractivity contribution in [2.24, 2.45) is 0 Å². The van der Waals surface area contributed by atoms with E-state index in [4.69, 9.17) is 4.52 Å². The first-order chi connectivity index (χ1) is 12.8. The molecule has 3 amide bonds. The summed E-state index contributed by atoms with van der Waals surface area (Å²) in [5.74, 6) is 0.470. The smallest absolute Gasteiger partial charge is 0.242 e. The van der Waals surface area contributed by atoms with Crippen molar-refractivity contribution < 1.29 is 18.9 Å². The van der Waals surface area contributed by atoms with Crippen molar-refractivity contribution in [3.8, 4) is 0 Å². The van der Waals surface area contributed by atoms with E-state index in [1.807, 2.05) is 18.7 Å². The lowest BCUT2D eigenvalue weighted by Gasteiger charge is -2.42. The summed E-state index contributed by atoms with van der Waals surface area (Å²) in [5, 5.41) is 9.68. The number of carbonyl (C=O) groups excluding carboxylic acids is 3. The van der Waals surface area contributed by atoms with Crippen molar-refractivity contribution in [2.75, 3.05) is 19.6 Å². The maximum atomic E-state index is 13.1. The Morgan fingerprint density at radius 2 is 1.96 bits per heavy atom. The van der Waals surface area contributed by atoms with Crippen LogP contribution in [0.15, 0.2) is 4.52 Å². The number of piperazine rings is 1. The number of amides is 3. The molecule has 9 heteroatoms. The minimum Gasteiger partial charge on any atom is -0.361 e. The lowest BCUT2D eigenvalue weighted by atomic mass is 10.0. The normalized spacial score (nSPS) is 25.4. The molecule has 3 rings (SSSR count). The van der Waals surface area contributed by atoms with Gasteiger partial charge in [0.1, 0.15) is 11.8 Å². The van der Waals surface area contributed by atoms with Crippen molar-refractivity contribution >= 4 is 17.7 Å². The molecule has 0 aromatic carbocycles. The Hall–Kier alpha value is -2.42. The Morgan fingerprint density at radius 3 is 2.56 bits per heavy atom. The van der Waals surface area contributed by atoms with Crippen molar-refractivity contribution in [1.82, 2.24) is 25.6 Å². The molecule has 0 bridgehead atoms. The molecule has 0 aliphatic carbocycles. The van der Waals surface area contributed by atoms with E-state index >= 15 is 0 Å². The zero-order valence-electron chi connectivity index (χ0n) is 16.2. The van der Waals surface area contributed by atoms with E-state index in [0.29, 0.717) is 19.6 Å². The number of hydrogen-bond acceptors (Lipinski definition) is 6. The molecule has 148 valence electrons. The van der Waals surface area contributed by atoms with Gasteiger partial charge in [-0.25, -0.2) is 0 Å². The summed E-state index contributed by atoms with van der Waals surface area (Å²) in [6, 6.07) is -0.435. The lowest BCUT2D eigenvalue weighted by Crippen LogP contribution is -2.62. The third-order valence-corrected chi connectivity index (χ3v) is 5.36. The summed E-state index contributed by atoms with van der Waals surface area (Å²) in [7, 11) is 0. The zero-order valence-corrected chi connectivity index (χ0v) is 16.2. The Morgan fingerprint density at radius 1 is 1.22 bits per heavy atom. The third kappa shape index (κ3) is 4.13. The molecule has 2 aliphatic heterocycles. The van der Waals surface area contributed by atoms with Gasteiger partial charge in [0.05, 0.1) is 5.69 Å². The predicted molar refractivity (Wildman–Crippen MR) is 96.6 cm³/mol. The van der Waals surface area contributed by atoms with Gasteiger partial charge in [-0.1, -0.05) is 5.16 Å². The second-order valence-electron chi connectivity index (χ2n) is 7.46. The van der Waals surface area contributed by atoms with E-state index in [-0.39, 0.29) is 36.3 Å². The summed E-state index contributed by atoms with van der Waals surface area (Å²) < 4.78 is 5.26. The summed E-state index contributed by atoms with van der Waals surface area (Å²) in [4.78, 5) is 39.9. The van der Waals surface area contributed by atoms with Gasteiger partial charge in [-0.15, -0.1) is 0 Å². The predicted octanol–water partition coefficient (Wildman–Crippen LogP) is -0.283. The molecule has 3 atom stereocenters. The summed E-state index contributed by atoms with van der Waals surface area (Å²) in [6.07, 6.45) is 0.732. The second kappa shape index (κ2) is 7.67. The van der Waals surface area contributed by atoms with E-state index in [0.717, 1.165) is 23.4 Å². The largest absolute Gasteiger partial charge is 0.361 e. The van der Waals surface area contributed by atoms with Gasteiger partial charge in [-0.3, -0.25) is 19.3 Å². The highest BCUT2D eigenvalue weighted by Gasteiger charge is 2.45. The van der Waals surface area contributed by atoms with Crippen molar-refractivity contribution in [2.45, 2.75) is 58.8 Å². The topological polar surface area (TPSA) is 108 Å². The van der Waals surface area contributed by atoms with Crippen LogP contribution in [0, 0.1) is 13.8 Å². The van der Waals surface area contributed by atoms with Gasteiger partial charge in [0.2, 0.25) is 17.7 Å². The molecule has 1 aromatic heterocycles. The Labute approximate surface area is 158 Å². The van der Waals surface area contributed by atoms with Crippen LogP contribution in [0.2, 0.25) is 0 Å². The number of rotatable bonds is 5. The number of aryl methyl sites for hydroxylation is 2. The molecule has 2 saturated heterocycles. The molecule has 0 spiro atoms. The third-order valence-electron chi connectivity index (χ3n) is 5.36.